The first-order valence-electron chi connectivity index (χ1n) is 7.44. The average Bonchev–Trinajstić information content (AvgIpc) is 2.44. The number of benzene rings is 1. The maximum atomic E-state index is 11.9. The van der Waals surface area contributed by atoms with Crippen LogP contribution in [-0.4, -0.2) is 43.8 Å². The van der Waals surface area contributed by atoms with Gasteiger partial charge in [0.05, 0.1) is 20.8 Å². The van der Waals surface area contributed by atoms with Crippen molar-refractivity contribution in [1.82, 2.24) is 4.90 Å². The summed E-state index contributed by atoms with van der Waals surface area (Å²) >= 11 is 0. The zero-order valence-corrected chi connectivity index (χ0v) is 14.4. The number of rotatable bonds is 7. The van der Waals surface area contributed by atoms with Gasteiger partial charge in [-0.05, 0) is 45.0 Å². The van der Waals surface area contributed by atoms with E-state index in [-0.39, 0.29) is 12.5 Å². The fraction of sp³-hybridized carbons (Fsp3) is 0.588. The van der Waals surface area contributed by atoms with Gasteiger partial charge in [0, 0.05) is 6.54 Å². The number of methoxy groups -OCH3 is 2. The van der Waals surface area contributed by atoms with Crippen LogP contribution in [0.3, 0.4) is 0 Å². The summed E-state index contributed by atoms with van der Waals surface area (Å²) in [6, 6.07) is 5.77. The summed E-state index contributed by atoms with van der Waals surface area (Å²) in [7, 11) is 3.22. The van der Waals surface area contributed by atoms with Gasteiger partial charge in [-0.15, -0.1) is 0 Å². The summed E-state index contributed by atoms with van der Waals surface area (Å²) in [5, 5.41) is 0. The van der Waals surface area contributed by atoms with Crippen LogP contribution < -0.4 is 9.47 Å². The molecule has 0 unspecified atom stereocenters. The van der Waals surface area contributed by atoms with E-state index in [0.29, 0.717) is 18.0 Å². The van der Waals surface area contributed by atoms with Gasteiger partial charge >= 0.3 is 5.97 Å². The highest BCUT2D eigenvalue weighted by Gasteiger charge is 2.18. The maximum absolute atomic E-state index is 11.9. The fourth-order valence-corrected chi connectivity index (χ4v) is 2.07. The smallest absolute Gasteiger partial charge is 0.320 e. The Morgan fingerprint density at radius 2 is 1.77 bits per heavy atom. The predicted molar refractivity (Wildman–Crippen MR) is 86.3 cm³/mol. The normalized spacial score (nSPS) is 11.4. The van der Waals surface area contributed by atoms with Crippen molar-refractivity contribution in [2.24, 2.45) is 0 Å². The van der Waals surface area contributed by atoms with E-state index >= 15 is 0 Å². The molecule has 0 bridgehead atoms. The Morgan fingerprint density at radius 1 is 1.14 bits per heavy atom. The van der Waals surface area contributed by atoms with E-state index in [0.717, 1.165) is 12.1 Å². The molecule has 0 saturated carbocycles. The average molecular weight is 309 g/mol. The SMILES string of the molecule is CCN(CC(=O)OC(C)(C)C)Cc1ccc(OC)c(OC)c1. The van der Waals surface area contributed by atoms with Gasteiger partial charge in [-0.1, -0.05) is 13.0 Å². The molecule has 22 heavy (non-hydrogen) atoms. The quantitative estimate of drug-likeness (QED) is 0.725. The van der Waals surface area contributed by atoms with E-state index in [4.69, 9.17) is 14.2 Å². The number of ether oxygens (including phenoxy) is 3. The number of likely N-dealkylation sites (N-methyl/N-ethyl adjacent to an activating group) is 1. The minimum atomic E-state index is -0.459. The van der Waals surface area contributed by atoms with Gasteiger partial charge in [-0.2, -0.15) is 0 Å². The van der Waals surface area contributed by atoms with Crippen LogP contribution in [-0.2, 0) is 16.1 Å². The first-order valence-corrected chi connectivity index (χ1v) is 7.44. The molecule has 0 aliphatic heterocycles. The minimum absolute atomic E-state index is 0.213. The lowest BCUT2D eigenvalue weighted by Crippen LogP contribution is -2.34. The van der Waals surface area contributed by atoms with E-state index in [1.54, 1.807) is 14.2 Å². The molecular weight excluding hydrogens is 282 g/mol. The highest BCUT2D eigenvalue weighted by Crippen LogP contribution is 2.28. The molecule has 1 aromatic rings. The molecule has 0 spiro atoms. The monoisotopic (exact) mass is 309 g/mol. The summed E-state index contributed by atoms with van der Waals surface area (Å²) in [4.78, 5) is 14.0. The van der Waals surface area contributed by atoms with Crippen molar-refractivity contribution >= 4 is 5.97 Å². The van der Waals surface area contributed by atoms with E-state index in [1.807, 2.05) is 50.8 Å². The van der Waals surface area contributed by atoms with E-state index in [1.165, 1.54) is 0 Å². The Kier molecular flexibility index (Phi) is 6.68. The van der Waals surface area contributed by atoms with Crippen molar-refractivity contribution in [2.75, 3.05) is 27.3 Å². The van der Waals surface area contributed by atoms with Gasteiger partial charge in [-0.25, -0.2) is 0 Å². The van der Waals surface area contributed by atoms with Crippen molar-refractivity contribution < 1.29 is 19.0 Å². The Labute approximate surface area is 133 Å². The molecule has 0 N–H and O–H groups in total. The Hall–Kier alpha value is -1.75. The molecule has 0 amide bonds. The van der Waals surface area contributed by atoms with Gasteiger partial charge in [-0.3, -0.25) is 9.69 Å². The van der Waals surface area contributed by atoms with E-state index in [9.17, 15) is 4.79 Å². The minimum Gasteiger partial charge on any atom is -0.493 e. The first-order chi connectivity index (χ1) is 10.3. The molecule has 5 heteroatoms. The van der Waals surface area contributed by atoms with Crippen LogP contribution in [0.15, 0.2) is 18.2 Å². The summed E-state index contributed by atoms with van der Waals surface area (Å²) in [5.74, 6) is 1.17. The summed E-state index contributed by atoms with van der Waals surface area (Å²) in [6.45, 7) is 9.30. The van der Waals surface area contributed by atoms with Crippen molar-refractivity contribution in [2.45, 2.75) is 39.8 Å². The largest absolute Gasteiger partial charge is 0.493 e. The highest BCUT2D eigenvalue weighted by molar-refractivity contribution is 5.72. The second kappa shape index (κ2) is 8.03. The van der Waals surface area contributed by atoms with Crippen LogP contribution in [0.25, 0.3) is 0 Å². The topological polar surface area (TPSA) is 48.0 Å². The molecule has 5 nitrogen and oxygen atoms in total. The number of carbonyl (C=O) groups is 1. The van der Waals surface area contributed by atoms with Crippen molar-refractivity contribution in [3.05, 3.63) is 23.8 Å². The van der Waals surface area contributed by atoms with Crippen LogP contribution in [0, 0.1) is 0 Å². The third-order valence-electron chi connectivity index (χ3n) is 3.07. The van der Waals surface area contributed by atoms with Crippen molar-refractivity contribution in [3.63, 3.8) is 0 Å². The molecule has 0 radical (unpaired) electrons. The second-order valence-electron chi connectivity index (χ2n) is 6.08. The number of hydrogen-bond donors (Lipinski definition) is 0. The molecule has 0 saturated heterocycles. The molecule has 124 valence electrons. The Balaban J connectivity index is 2.72. The number of carbonyl (C=O) groups excluding carboxylic acids is 1. The lowest BCUT2D eigenvalue weighted by Gasteiger charge is -2.24. The van der Waals surface area contributed by atoms with Crippen LogP contribution >= 0.6 is 0 Å². The van der Waals surface area contributed by atoms with E-state index < -0.39 is 5.60 Å². The number of nitrogens with zero attached hydrogens (tertiary/aromatic N) is 1. The second-order valence-corrected chi connectivity index (χ2v) is 6.08. The fourth-order valence-electron chi connectivity index (χ4n) is 2.07. The lowest BCUT2D eigenvalue weighted by atomic mass is 10.2. The van der Waals surface area contributed by atoms with Crippen LogP contribution in [0.2, 0.25) is 0 Å². The first kappa shape index (κ1) is 18.3. The van der Waals surface area contributed by atoms with Crippen LogP contribution in [0.1, 0.15) is 33.3 Å². The summed E-state index contributed by atoms with van der Waals surface area (Å²) in [5.41, 5.74) is 0.600. The molecule has 1 rings (SSSR count). The molecule has 0 heterocycles. The summed E-state index contributed by atoms with van der Waals surface area (Å²) < 4.78 is 15.9. The number of esters is 1. The van der Waals surface area contributed by atoms with Gasteiger partial charge in [0.15, 0.2) is 11.5 Å². The highest BCUT2D eigenvalue weighted by atomic mass is 16.6. The van der Waals surface area contributed by atoms with Crippen LogP contribution in [0.5, 0.6) is 11.5 Å². The van der Waals surface area contributed by atoms with Crippen molar-refractivity contribution in [3.8, 4) is 11.5 Å². The third-order valence-corrected chi connectivity index (χ3v) is 3.07. The molecule has 0 aliphatic rings. The molecule has 0 aromatic heterocycles. The Morgan fingerprint density at radius 3 is 2.27 bits per heavy atom. The molecule has 0 atom stereocenters. The van der Waals surface area contributed by atoms with Gasteiger partial charge < -0.3 is 14.2 Å². The Bertz CT molecular complexity index is 494. The third kappa shape index (κ3) is 5.93. The standard InChI is InChI=1S/C17H27NO4/c1-7-18(12-16(19)22-17(2,3)4)11-13-8-9-14(20-5)15(10-13)21-6/h8-10H,7,11-12H2,1-6H3. The van der Waals surface area contributed by atoms with Gasteiger partial charge in [0.1, 0.15) is 5.60 Å². The molecule has 0 fully saturated rings. The molecule has 0 aliphatic carbocycles. The zero-order chi connectivity index (χ0) is 16.8. The van der Waals surface area contributed by atoms with Gasteiger partial charge in [0.2, 0.25) is 0 Å². The maximum Gasteiger partial charge on any atom is 0.320 e. The molecule has 1 aromatic carbocycles. The zero-order valence-electron chi connectivity index (χ0n) is 14.4. The summed E-state index contributed by atoms with van der Waals surface area (Å²) in [6.07, 6.45) is 0. The lowest BCUT2D eigenvalue weighted by molar-refractivity contribution is -0.156. The molecular formula is C17H27NO4. The van der Waals surface area contributed by atoms with Crippen molar-refractivity contribution in [1.29, 1.82) is 0 Å². The van der Waals surface area contributed by atoms with Gasteiger partial charge in [0.25, 0.3) is 0 Å². The number of hydrogen-bond acceptors (Lipinski definition) is 5. The van der Waals surface area contributed by atoms with E-state index in [2.05, 4.69) is 0 Å². The predicted octanol–water partition coefficient (Wildman–Crippen LogP) is 2.87. The van der Waals surface area contributed by atoms with Crippen LogP contribution in [0.4, 0.5) is 0 Å².